The molecule has 0 aliphatic carbocycles. The summed E-state index contributed by atoms with van der Waals surface area (Å²) in [6, 6.07) is 9.78. The fraction of sp³-hybridized carbons (Fsp3) is 0.353. The van der Waals surface area contributed by atoms with Crippen LogP contribution in [0.4, 0.5) is 0 Å². The first-order valence-electron chi connectivity index (χ1n) is 7.07. The number of nitrogens with two attached hydrogens (primary N) is 1. The number of aromatic nitrogens is 1. The van der Waals surface area contributed by atoms with Gasteiger partial charge in [-0.25, -0.2) is 0 Å². The summed E-state index contributed by atoms with van der Waals surface area (Å²) in [7, 11) is 0. The minimum absolute atomic E-state index is 0.131. The first kappa shape index (κ1) is 14.5. The summed E-state index contributed by atoms with van der Waals surface area (Å²) in [4.78, 5) is 4.18. The average Bonchev–Trinajstić information content (AvgIpc) is 2.46. The molecular weight excluding hydrogens is 248 g/mol. The Bertz CT molecular complexity index is 566. The van der Waals surface area contributed by atoms with Crippen LogP contribution in [-0.2, 0) is 6.42 Å². The van der Waals surface area contributed by atoms with E-state index in [1.807, 2.05) is 50.4 Å². The Kier molecular flexibility index (Phi) is 4.74. The first-order valence-corrected chi connectivity index (χ1v) is 7.07. The fourth-order valence-corrected chi connectivity index (χ4v) is 2.30. The normalized spacial score (nSPS) is 12.4. The number of benzene rings is 1. The molecule has 0 saturated carbocycles. The van der Waals surface area contributed by atoms with Gasteiger partial charge < -0.3 is 10.5 Å². The molecule has 3 heteroatoms. The smallest absolute Gasteiger partial charge is 0.124 e. The van der Waals surface area contributed by atoms with Crippen molar-refractivity contribution in [2.75, 3.05) is 0 Å². The van der Waals surface area contributed by atoms with Gasteiger partial charge in [0.2, 0.25) is 0 Å². The zero-order valence-electron chi connectivity index (χ0n) is 12.3. The van der Waals surface area contributed by atoms with E-state index in [0.717, 1.165) is 23.3 Å². The quantitative estimate of drug-likeness (QED) is 0.905. The number of pyridine rings is 1. The van der Waals surface area contributed by atoms with Crippen molar-refractivity contribution in [2.24, 2.45) is 5.73 Å². The molecular formula is C17H22N2O. The first-order chi connectivity index (χ1) is 9.63. The third-order valence-electron chi connectivity index (χ3n) is 3.27. The van der Waals surface area contributed by atoms with Crippen LogP contribution in [0.15, 0.2) is 42.7 Å². The van der Waals surface area contributed by atoms with Crippen molar-refractivity contribution in [3.8, 4) is 5.75 Å². The molecule has 20 heavy (non-hydrogen) atoms. The Morgan fingerprint density at radius 1 is 1.15 bits per heavy atom. The van der Waals surface area contributed by atoms with E-state index in [4.69, 9.17) is 10.5 Å². The topological polar surface area (TPSA) is 48.1 Å². The SMILES string of the molecule is CCc1cnccc1C(N)c1ccccc1OC(C)C. The average molecular weight is 270 g/mol. The third-order valence-corrected chi connectivity index (χ3v) is 3.27. The zero-order valence-corrected chi connectivity index (χ0v) is 12.3. The van der Waals surface area contributed by atoms with Gasteiger partial charge in [-0.1, -0.05) is 25.1 Å². The van der Waals surface area contributed by atoms with E-state index in [-0.39, 0.29) is 12.1 Å². The van der Waals surface area contributed by atoms with Crippen molar-refractivity contribution in [1.29, 1.82) is 0 Å². The molecule has 1 unspecified atom stereocenters. The summed E-state index contributed by atoms with van der Waals surface area (Å²) in [5.74, 6) is 0.855. The number of hydrogen-bond donors (Lipinski definition) is 1. The molecule has 1 atom stereocenters. The number of ether oxygens (including phenoxy) is 1. The van der Waals surface area contributed by atoms with Crippen molar-refractivity contribution < 1.29 is 4.74 Å². The van der Waals surface area contributed by atoms with E-state index in [9.17, 15) is 0 Å². The van der Waals surface area contributed by atoms with Gasteiger partial charge in [0.25, 0.3) is 0 Å². The Morgan fingerprint density at radius 3 is 2.60 bits per heavy atom. The summed E-state index contributed by atoms with van der Waals surface area (Å²) in [5.41, 5.74) is 9.77. The van der Waals surface area contributed by atoms with Gasteiger partial charge in [0, 0.05) is 18.0 Å². The Balaban J connectivity index is 2.40. The van der Waals surface area contributed by atoms with Gasteiger partial charge in [0.05, 0.1) is 12.1 Å². The molecule has 0 bridgehead atoms. The molecule has 1 heterocycles. The lowest BCUT2D eigenvalue weighted by Gasteiger charge is -2.20. The third kappa shape index (κ3) is 3.17. The summed E-state index contributed by atoms with van der Waals surface area (Å²) in [6.07, 6.45) is 4.73. The van der Waals surface area contributed by atoms with Crippen LogP contribution in [0.1, 0.15) is 43.5 Å². The highest BCUT2D eigenvalue weighted by atomic mass is 16.5. The molecule has 1 aromatic carbocycles. The molecule has 0 spiro atoms. The van der Waals surface area contributed by atoms with Crippen molar-refractivity contribution in [1.82, 2.24) is 4.98 Å². The Labute approximate surface area is 120 Å². The second-order valence-corrected chi connectivity index (χ2v) is 5.11. The summed E-state index contributed by atoms with van der Waals surface area (Å²) >= 11 is 0. The van der Waals surface area contributed by atoms with Crippen molar-refractivity contribution >= 4 is 0 Å². The summed E-state index contributed by atoms with van der Waals surface area (Å²) in [5, 5.41) is 0. The maximum absolute atomic E-state index is 6.46. The van der Waals surface area contributed by atoms with E-state index in [2.05, 4.69) is 11.9 Å². The molecule has 2 N–H and O–H groups in total. The highest BCUT2D eigenvalue weighted by Crippen LogP contribution is 2.30. The van der Waals surface area contributed by atoms with E-state index >= 15 is 0 Å². The molecule has 0 amide bonds. The van der Waals surface area contributed by atoms with Crippen LogP contribution in [0.3, 0.4) is 0 Å². The van der Waals surface area contributed by atoms with E-state index < -0.39 is 0 Å². The van der Waals surface area contributed by atoms with Crippen LogP contribution in [0.2, 0.25) is 0 Å². The second kappa shape index (κ2) is 6.53. The van der Waals surface area contributed by atoms with Crippen LogP contribution in [0.25, 0.3) is 0 Å². The number of nitrogens with zero attached hydrogens (tertiary/aromatic N) is 1. The largest absolute Gasteiger partial charge is 0.491 e. The van der Waals surface area contributed by atoms with Gasteiger partial charge in [0.15, 0.2) is 0 Å². The zero-order chi connectivity index (χ0) is 14.5. The lowest BCUT2D eigenvalue weighted by molar-refractivity contribution is 0.239. The minimum atomic E-state index is -0.192. The molecule has 0 saturated heterocycles. The predicted molar refractivity (Wildman–Crippen MR) is 81.9 cm³/mol. The molecule has 0 aliphatic heterocycles. The molecule has 0 aliphatic rings. The lowest BCUT2D eigenvalue weighted by atomic mass is 9.95. The number of para-hydroxylation sites is 1. The van der Waals surface area contributed by atoms with E-state index in [0.29, 0.717) is 0 Å². The van der Waals surface area contributed by atoms with Crippen molar-refractivity contribution in [2.45, 2.75) is 39.3 Å². The highest BCUT2D eigenvalue weighted by molar-refractivity contribution is 5.43. The van der Waals surface area contributed by atoms with E-state index in [1.54, 1.807) is 6.20 Å². The maximum atomic E-state index is 6.46. The Hall–Kier alpha value is -1.87. The van der Waals surface area contributed by atoms with Gasteiger partial charge >= 0.3 is 0 Å². The summed E-state index contributed by atoms with van der Waals surface area (Å²) < 4.78 is 5.87. The number of aryl methyl sites for hydroxylation is 1. The van der Waals surface area contributed by atoms with Crippen LogP contribution in [0.5, 0.6) is 5.75 Å². The van der Waals surface area contributed by atoms with Gasteiger partial charge in [-0.2, -0.15) is 0 Å². The second-order valence-electron chi connectivity index (χ2n) is 5.11. The van der Waals surface area contributed by atoms with Gasteiger partial charge in [-0.05, 0) is 43.5 Å². The van der Waals surface area contributed by atoms with Crippen LogP contribution in [-0.4, -0.2) is 11.1 Å². The van der Waals surface area contributed by atoms with Gasteiger partial charge in [-0.15, -0.1) is 0 Å². The maximum Gasteiger partial charge on any atom is 0.124 e. The lowest BCUT2D eigenvalue weighted by Crippen LogP contribution is -2.17. The molecule has 2 rings (SSSR count). The monoisotopic (exact) mass is 270 g/mol. The van der Waals surface area contributed by atoms with Crippen LogP contribution >= 0.6 is 0 Å². The molecule has 106 valence electrons. The minimum Gasteiger partial charge on any atom is -0.491 e. The summed E-state index contributed by atoms with van der Waals surface area (Å²) in [6.45, 7) is 6.15. The Morgan fingerprint density at radius 2 is 1.90 bits per heavy atom. The molecule has 0 fully saturated rings. The predicted octanol–water partition coefficient (Wildman–Crippen LogP) is 3.48. The molecule has 3 nitrogen and oxygen atoms in total. The van der Waals surface area contributed by atoms with Crippen LogP contribution in [0, 0.1) is 0 Å². The number of rotatable bonds is 5. The van der Waals surface area contributed by atoms with E-state index in [1.165, 1.54) is 5.56 Å². The van der Waals surface area contributed by atoms with Gasteiger partial charge in [0.1, 0.15) is 5.75 Å². The molecule has 0 radical (unpaired) electrons. The standard InChI is InChI=1S/C17H22N2O/c1-4-13-11-19-10-9-14(13)17(18)15-7-5-6-8-16(15)20-12(2)3/h5-12,17H,4,18H2,1-3H3. The highest BCUT2D eigenvalue weighted by Gasteiger charge is 2.17. The van der Waals surface area contributed by atoms with Crippen LogP contribution < -0.4 is 10.5 Å². The molecule has 1 aromatic heterocycles. The van der Waals surface area contributed by atoms with Gasteiger partial charge in [-0.3, -0.25) is 4.98 Å². The molecule has 2 aromatic rings. The van der Waals surface area contributed by atoms with Crippen molar-refractivity contribution in [3.63, 3.8) is 0 Å². The van der Waals surface area contributed by atoms with Crippen molar-refractivity contribution in [3.05, 3.63) is 59.4 Å². The fourth-order valence-electron chi connectivity index (χ4n) is 2.30. The number of hydrogen-bond acceptors (Lipinski definition) is 3.